The molecule has 0 saturated heterocycles. The van der Waals surface area contributed by atoms with Crippen molar-refractivity contribution >= 4 is 11.5 Å². The lowest BCUT2D eigenvalue weighted by Crippen LogP contribution is -2.18. The zero-order valence-electron chi connectivity index (χ0n) is 13.2. The Morgan fingerprint density at radius 3 is 2.82 bits per heavy atom. The van der Waals surface area contributed by atoms with E-state index < -0.39 is 0 Å². The van der Waals surface area contributed by atoms with E-state index in [0.717, 1.165) is 25.3 Å². The molecule has 0 bridgehead atoms. The monoisotopic (exact) mass is 300 g/mol. The lowest BCUT2D eigenvalue weighted by molar-refractivity contribution is 0.0284. The second-order valence-corrected chi connectivity index (χ2v) is 5.84. The van der Waals surface area contributed by atoms with Crippen molar-refractivity contribution in [3.05, 3.63) is 29.3 Å². The van der Waals surface area contributed by atoms with Gasteiger partial charge >= 0.3 is 0 Å². The van der Waals surface area contributed by atoms with Crippen molar-refractivity contribution in [3.63, 3.8) is 0 Å². The lowest BCUT2D eigenvalue weighted by Gasteiger charge is -2.22. The van der Waals surface area contributed by atoms with Crippen LogP contribution < -0.4 is 5.32 Å². The summed E-state index contributed by atoms with van der Waals surface area (Å²) in [5, 5.41) is 12.2. The summed E-state index contributed by atoms with van der Waals surface area (Å²) in [6.45, 7) is 3.02. The topological polar surface area (TPSA) is 62.1 Å². The molecule has 1 fully saturated rings. The number of hydrogen-bond donors (Lipinski definition) is 1. The van der Waals surface area contributed by atoms with E-state index in [0.29, 0.717) is 17.2 Å². The normalized spacial score (nSPS) is 15.3. The molecule has 4 heteroatoms. The maximum absolute atomic E-state index is 11.6. The third-order valence-electron chi connectivity index (χ3n) is 4.07. The van der Waals surface area contributed by atoms with Crippen molar-refractivity contribution in [2.45, 2.75) is 51.6 Å². The van der Waals surface area contributed by atoms with Crippen molar-refractivity contribution in [2.75, 3.05) is 18.5 Å². The van der Waals surface area contributed by atoms with Gasteiger partial charge in [-0.2, -0.15) is 5.26 Å². The molecular weight excluding hydrogens is 276 g/mol. The molecule has 2 rings (SSSR count). The Morgan fingerprint density at radius 2 is 2.14 bits per heavy atom. The first kappa shape index (κ1) is 16.5. The molecule has 118 valence electrons. The molecule has 0 amide bonds. The predicted octanol–water partition coefficient (Wildman–Crippen LogP) is 3.91. The molecule has 1 aliphatic rings. The van der Waals surface area contributed by atoms with Gasteiger partial charge in [-0.3, -0.25) is 4.79 Å². The van der Waals surface area contributed by atoms with Crippen LogP contribution in [-0.4, -0.2) is 25.0 Å². The molecule has 1 aliphatic carbocycles. The molecule has 1 saturated carbocycles. The Bertz CT molecular complexity index is 543. The van der Waals surface area contributed by atoms with Crippen LogP contribution in [0, 0.1) is 11.3 Å². The van der Waals surface area contributed by atoms with Crippen LogP contribution in [0.4, 0.5) is 5.69 Å². The van der Waals surface area contributed by atoms with Crippen molar-refractivity contribution in [1.82, 2.24) is 0 Å². The molecular formula is C18H24N2O2. The highest BCUT2D eigenvalue weighted by Crippen LogP contribution is 2.21. The van der Waals surface area contributed by atoms with E-state index in [-0.39, 0.29) is 5.78 Å². The van der Waals surface area contributed by atoms with Crippen LogP contribution in [0.1, 0.15) is 61.4 Å². The number of Topliss-reactive ketones (excluding diaryl/α,β-unsaturated/α-hetero) is 1. The third kappa shape index (κ3) is 4.85. The van der Waals surface area contributed by atoms with E-state index in [1.807, 2.05) is 0 Å². The van der Waals surface area contributed by atoms with Gasteiger partial charge in [0.1, 0.15) is 0 Å². The highest BCUT2D eigenvalue weighted by atomic mass is 16.5. The molecule has 1 aromatic rings. The molecule has 0 aromatic heterocycles. The van der Waals surface area contributed by atoms with E-state index in [1.54, 1.807) is 25.1 Å². The summed E-state index contributed by atoms with van der Waals surface area (Å²) in [5.74, 6) is 0.00504. The zero-order chi connectivity index (χ0) is 15.8. The van der Waals surface area contributed by atoms with Crippen LogP contribution in [0.2, 0.25) is 0 Å². The van der Waals surface area contributed by atoms with Gasteiger partial charge in [-0.05, 0) is 44.4 Å². The Hall–Kier alpha value is -1.86. The van der Waals surface area contributed by atoms with E-state index in [2.05, 4.69) is 11.4 Å². The van der Waals surface area contributed by atoms with Crippen molar-refractivity contribution in [2.24, 2.45) is 0 Å². The molecule has 4 nitrogen and oxygen atoms in total. The highest BCUT2D eigenvalue weighted by molar-refractivity contribution is 5.99. The van der Waals surface area contributed by atoms with Crippen molar-refractivity contribution in [3.8, 4) is 6.07 Å². The third-order valence-corrected chi connectivity index (χ3v) is 4.07. The van der Waals surface area contributed by atoms with Gasteiger partial charge in [0.05, 0.1) is 17.7 Å². The lowest BCUT2D eigenvalue weighted by atomic mass is 9.98. The SMILES string of the molecule is CC(=O)c1ccc(C#N)cc1NCCCOC1CCCCC1. The number of carbonyl (C=O) groups is 1. The fourth-order valence-electron chi connectivity index (χ4n) is 2.84. The van der Waals surface area contributed by atoms with Gasteiger partial charge in [-0.1, -0.05) is 19.3 Å². The zero-order valence-corrected chi connectivity index (χ0v) is 13.2. The van der Waals surface area contributed by atoms with Crippen LogP contribution in [-0.2, 0) is 4.74 Å². The van der Waals surface area contributed by atoms with E-state index >= 15 is 0 Å². The van der Waals surface area contributed by atoms with Gasteiger partial charge in [0.15, 0.2) is 5.78 Å². The van der Waals surface area contributed by atoms with Crippen LogP contribution in [0.5, 0.6) is 0 Å². The maximum atomic E-state index is 11.6. The van der Waals surface area contributed by atoms with E-state index in [9.17, 15) is 4.79 Å². The number of benzene rings is 1. The summed E-state index contributed by atoms with van der Waals surface area (Å²) in [7, 11) is 0. The minimum atomic E-state index is 0.00504. The van der Waals surface area contributed by atoms with Crippen LogP contribution >= 0.6 is 0 Å². The minimum absolute atomic E-state index is 0.00504. The number of rotatable bonds is 7. The number of carbonyl (C=O) groups excluding carboxylic acids is 1. The first-order chi connectivity index (χ1) is 10.7. The molecule has 0 radical (unpaired) electrons. The van der Waals surface area contributed by atoms with Gasteiger partial charge in [0, 0.05) is 24.4 Å². The fraction of sp³-hybridized carbons (Fsp3) is 0.556. The van der Waals surface area contributed by atoms with Gasteiger partial charge in [0.25, 0.3) is 0 Å². The first-order valence-corrected chi connectivity index (χ1v) is 8.11. The van der Waals surface area contributed by atoms with E-state index in [1.165, 1.54) is 32.1 Å². The van der Waals surface area contributed by atoms with Crippen molar-refractivity contribution in [1.29, 1.82) is 5.26 Å². The summed E-state index contributed by atoms with van der Waals surface area (Å²) < 4.78 is 5.88. The van der Waals surface area contributed by atoms with Crippen LogP contribution in [0.25, 0.3) is 0 Å². The van der Waals surface area contributed by atoms with Gasteiger partial charge in [0.2, 0.25) is 0 Å². The second kappa shape index (κ2) is 8.55. The average molecular weight is 300 g/mol. The molecule has 0 spiro atoms. The summed E-state index contributed by atoms with van der Waals surface area (Å²) >= 11 is 0. The average Bonchev–Trinajstić information content (AvgIpc) is 2.55. The summed E-state index contributed by atoms with van der Waals surface area (Å²) in [4.78, 5) is 11.6. The van der Waals surface area contributed by atoms with Crippen LogP contribution in [0.15, 0.2) is 18.2 Å². The fourth-order valence-corrected chi connectivity index (χ4v) is 2.84. The Kier molecular flexibility index (Phi) is 6.42. The Morgan fingerprint density at radius 1 is 1.36 bits per heavy atom. The number of ether oxygens (including phenoxy) is 1. The molecule has 0 aliphatic heterocycles. The first-order valence-electron chi connectivity index (χ1n) is 8.11. The van der Waals surface area contributed by atoms with Gasteiger partial charge in [-0.15, -0.1) is 0 Å². The molecule has 1 aromatic carbocycles. The minimum Gasteiger partial charge on any atom is -0.384 e. The largest absolute Gasteiger partial charge is 0.384 e. The van der Waals surface area contributed by atoms with Crippen molar-refractivity contribution < 1.29 is 9.53 Å². The number of nitrogens with one attached hydrogen (secondary N) is 1. The molecule has 0 atom stereocenters. The van der Waals surface area contributed by atoms with E-state index in [4.69, 9.17) is 10.00 Å². The molecule has 0 heterocycles. The molecule has 1 N–H and O–H groups in total. The summed E-state index contributed by atoms with van der Waals surface area (Å²) in [6, 6.07) is 7.22. The highest BCUT2D eigenvalue weighted by Gasteiger charge is 2.13. The van der Waals surface area contributed by atoms with Gasteiger partial charge < -0.3 is 10.1 Å². The molecule has 0 unspecified atom stereocenters. The summed E-state index contributed by atoms with van der Waals surface area (Å²) in [6.07, 6.45) is 7.61. The Labute approximate surface area is 132 Å². The molecule has 22 heavy (non-hydrogen) atoms. The smallest absolute Gasteiger partial charge is 0.161 e. The summed E-state index contributed by atoms with van der Waals surface area (Å²) in [5.41, 5.74) is 1.93. The predicted molar refractivity (Wildman–Crippen MR) is 87.1 cm³/mol. The number of nitrogens with zero attached hydrogens (tertiary/aromatic N) is 1. The van der Waals surface area contributed by atoms with Crippen LogP contribution in [0.3, 0.4) is 0 Å². The quantitative estimate of drug-likeness (QED) is 0.612. The second-order valence-electron chi connectivity index (χ2n) is 5.84. The number of anilines is 1. The maximum Gasteiger partial charge on any atom is 0.161 e. The Balaban J connectivity index is 1.78. The van der Waals surface area contributed by atoms with Gasteiger partial charge in [-0.25, -0.2) is 0 Å². The number of nitriles is 1. The standard InChI is InChI=1S/C18H24N2O2/c1-14(21)17-9-8-15(13-19)12-18(17)20-10-5-11-22-16-6-3-2-4-7-16/h8-9,12,16,20H,2-7,10-11H2,1H3. The number of ketones is 1. The number of hydrogen-bond acceptors (Lipinski definition) is 4.